The molecule has 2 unspecified atom stereocenters. The molecule has 0 heterocycles. The Morgan fingerprint density at radius 3 is 2.35 bits per heavy atom. The Bertz CT molecular complexity index is 570. The molecule has 0 aliphatic carbocycles. The minimum Gasteiger partial charge on any atom is -0.269 e. The Balaban J connectivity index is 3.31. The SMILES string of the molecule is CCc1ccccc1C(CC)(O[P+](=O)O)C(=O)NOC(C)(C)C. The first-order valence-corrected chi connectivity index (χ1v) is 8.71. The van der Waals surface area contributed by atoms with Crippen LogP contribution >= 0.6 is 8.25 Å². The van der Waals surface area contributed by atoms with Crippen LogP contribution in [0.15, 0.2) is 24.3 Å². The van der Waals surface area contributed by atoms with E-state index in [1.807, 2.05) is 19.1 Å². The van der Waals surface area contributed by atoms with Crippen molar-refractivity contribution in [2.45, 2.75) is 58.7 Å². The second kappa shape index (κ2) is 7.97. The molecule has 0 saturated carbocycles. The molecule has 23 heavy (non-hydrogen) atoms. The van der Waals surface area contributed by atoms with Crippen LogP contribution in [0, 0.1) is 0 Å². The van der Waals surface area contributed by atoms with Gasteiger partial charge in [0.25, 0.3) is 5.91 Å². The lowest BCUT2D eigenvalue weighted by molar-refractivity contribution is -0.163. The van der Waals surface area contributed by atoms with Gasteiger partial charge >= 0.3 is 8.25 Å². The fraction of sp³-hybridized carbons (Fsp3) is 0.562. The van der Waals surface area contributed by atoms with E-state index < -0.39 is 25.4 Å². The van der Waals surface area contributed by atoms with Crippen molar-refractivity contribution in [2.24, 2.45) is 0 Å². The molecule has 0 spiro atoms. The zero-order valence-corrected chi connectivity index (χ0v) is 15.1. The maximum atomic E-state index is 12.7. The molecule has 7 heteroatoms. The number of rotatable bonds is 7. The average Bonchev–Trinajstić information content (AvgIpc) is 2.49. The number of hydrogen-bond acceptors (Lipinski definition) is 4. The third-order valence-corrected chi connectivity index (χ3v) is 3.85. The van der Waals surface area contributed by atoms with Crippen molar-refractivity contribution in [3.8, 4) is 0 Å². The highest BCUT2D eigenvalue weighted by Crippen LogP contribution is 2.39. The smallest absolute Gasteiger partial charge is 0.269 e. The fourth-order valence-electron chi connectivity index (χ4n) is 2.27. The predicted octanol–water partition coefficient (Wildman–Crippen LogP) is 3.37. The number of nitrogens with one attached hydrogen (secondary N) is 1. The zero-order valence-electron chi connectivity index (χ0n) is 14.3. The average molecular weight is 342 g/mol. The van der Waals surface area contributed by atoms with Gasteiger partial charge in [0.2, 0.25) is 5.60 Å². The topological polar surface area (TPSA) is 84.9 Å². The summed E-state index contributed by atoms with van der Waals surface area (Å²) in [6.07, 6.45) is 0.849. The van der Waals surface area contributed by atoms with Crippen LogP contribution in [0.4, 0.5) is 0 Å². The second-order valence-electron chi connectivity index (χ2n) is 6.17. The van der Waals surface area contributed by atoms with Gasteiger partial charge in [0, 0.05) is 10.1 Å². The monoisotopic (exact) mass is 342 g/mol. The summed E-state index contributed by atoms with van der Waals surface area (Å²) in [5.74, 6) is -0.603. The van der Waals surface area contributed by atoms with Gasteiger partial charge in [0.05, 0.1) is 5.60 Å². The van der Waals surface area contributed by atoms with Crippen molar-refractivity contribution >= 4 is 14.2 Å². The van der Waals surface area contributed by atoms with Crippen LogP contribution in [0.5, 0.6) is 0 Å². The molecule has 0 bridgehead atoms. The zero-order chi connectivity index (χ0) is 17.7. The Labute approximate surface area is 138 Å². The molecule has 0 aromatic heterocycles. The van der Waals surface area contributed by atoms with Gasteiger partial charge in [0.15, 0.2) is 0 Å². The highest BCUT2D eigenvalue weighted by atomic mass is 31.1. The molecule has 1 rings (SSSR count). The van der Waals surface area contributed by atoms with E-state index in [9.17, 15) is 14.3 Å². The van der Waals surface area contributed by atoms with Crippen LogP contribution in [0.25, 0.3) is 0 Å². The normalized spacial score (nSPS) is 15.0. The number of hydrogen-bond donors (Lipinski definition) is 2. The van der Waals surface area contributed by atoms with Gasteiger partial charge in [-0.15, -0.1) is 4.89 Å². The van der Waals surface area contributed by atoms with E-state index in [0.717, 1.165) is 5.56 Å². The summed E-state index contributed by atoms with van der Waals surface area (Å²) in [6.45, 7) is 9.03. The van der Waals surface area contributed by atoms with Gasteiger partial charge in [-0.1, -0.05) is 42.6 Å². The summed E-state index contributed by atoms with van der Waals surface area (Å²) in [5, 5.41) is 0. The van der Waals surface area contributed by atoms with Crippen molar-refractivity contribution < 1.29 is 23.6 Å². The fourth-order valence-corrected chi connectivity index (χ4v) is 2.84. The summed E-state index contributed by atoms with van der Waals surface area (Å²) < 4.78 is 16.6. The molecular weight excluding hydrogens is 317 g/mol. The first-order valence-electron chi connectivity index (χ1n) is 7.58. The molecule has 2 N–H and O–H groups in total. The Kier molecular flexibility index (Phi) is 6.84. The predicted molar refractivity (Wildman–Crippen MR) is 87.7 cm³/mol. The molecule has 0 saturated heterocycles. The highest BCUT2D eigenvalue weighted by Gasteiger charge is 2.49. The standard InChI is InChI=1S/C16H24NO5P/c1-6-12-10-8-9-11-13(12)16(7-2,22-23(19)20)14(18)17-21-15(3,4)5/h8-11H,6-7H2,1-5H3,(H-,17,18,19,20)/p+1. The van der Waals surface area contributed by atoms with Crippen LogP contribution in [-0.4, -0.2) is 16.4 Å². The van der Waals surface area contributed by atoms with Crippen molar-refractivity contribution in [1.82, 2.24) is 5.48 Å². The maximum absolute atomic E-state index is 12.7. The third kappa shape index (κ3) is 5.08. The first kappa shape index (κ1) is 19.7. The molecular formula is C16H25NO5P+. The summed E-state index contributed by atoms with van der Waals surface area (Å²) in [7, 11) is -2.97. The lowest BCUT2D eigenvalue weighted by atomic mass is 9.86. The maximum Gasteiger partial charge on any atom is 0.696 e. The molecule has 0 aliphatic heterocycles. The number of aryl methyl sites for hydroxylation is 1. The van der Waals surface area contributed by atoms with Crippen molar-refractivity contribution in [3.63, 3.8) is 0 Å². The van der Waals surface area contributed by atoms with E-state index in [1.165, 1.54) is 0 Å². The van der Waals surface area contributed by atoms with E-state index in [0.29, 0.717) is 12.0 Å². The van der Waals surface area contributed by atoms with Crippen LogP contribution in [0.3, 0.4) is 0 Å². The van der Waals surface area contributed by atoms with Gasteiger partial charge in [-0.3, -0.25) is 9.63 Å². The Hall–Kier alpha value is -1.33. The van der Waals surface area contributed by atoms with Gasteiger partial charge in [0.1, 0.15) is 0 Å². The van der Waals surface area contributed by atoms with Crippen LogP contribution < -0.4 is 5.48 Å². The molecule has 128 valence electrons. The van der Waals surface area contributed by atoms with Gasteiger partial charge < -0.3 is 0 Å². The van der Waals surface area contributed by atoms with Crippen LogP contribution in [0.2, 0.25) is 0 Å². The molecule has 0 radical (unpaired) electrons. The van der Waals surface area contributed by atoms with E-state index in [4.69, 9.17) is 9.36 Å². The minimum atomic E-state index is -2.97. The van der Waals surface area contributed by atoms with Crippen LogP contribution in [0.1, 0.15) is 52.2 Å². The molecule has 0 fully saturated rings. The molecule has 2 atom stereocenters. The molecule has 1 aromatic rings. The lowest BCUT2D eigenvalue weighted by Gasteiger charge is -2.29. The highest BCUT2D eigenvalue weighted by molar-refractivity contribution is 7.32. The molecule has 0 aliphatic rings. The largest absolute Gasteiger partial charge is 0.696 e. The van der Waals surface area contributed by atoms with Gasteiger partial charge in [-0.2, -0.15) is 0 Å². The summed E-state index contributed by atoms with van der Waals surface area (Å²) in [6, 6.07) is 7.22. The van der Waals surface area contributed by atoms with Crippen LogP contribution in [-0.2, 0) is 30.7 Å². The molecule has 1 amide bonds. The summed E-state index contributed by atoms with van der Waals surface area (Å²) in [4.78, 5) is 27.4. The first-order chi connectivity index (χ1) is 10.7. The van der Waals surface area contributed by atoms with Gasteiger partial charge in [-0.25, -0.2) is 5.48 Å². The minimum absolute atomic E-state index is 0.185. The second-order valence-corrected chi connectivity index (χ2v) is 6.82. The van der Waals surface area contributed by atoms with Crippen molar-refractivity contribution in [2.75, 3.05) is 0 Å². The van der Waals surface area contributed by atoms with E-state index >= 15 is 0 Å². The number of amides is 1. The number of carbonyl (C=O) groups is 1. The van der Waals surface area contributed by atoms with E-state index in [2.05, 4.69) is 5.48 Å². The van der Waals surface area contributed by atoms with E-state index in [-0.39, 0.29) is 6.42 Å². The van der Waals surface area contributed by atoms with E-state index in [1.54, 1.807) is 39.8 Å². The lowest BCUT2D eigenvalue weighted by Crippen LogP contribution is -2.47. The number of benzene rings is 1. The third-order valence-electron chi connectivity index (χ3n) is 3.38. The quantitative estimate of drug-likeness (QED) is 0.586. The Morgan fingerprint density at radius 2 is 1.87 bits per heavy atom. The van der Waals surface area contributed by atoms with Gasteiger partial charge in [-0.05, 0) is 39.2 Å². The number of hydroxylamine groups is 1. The van der Waals surface area contributed by atoms with Crippen molar-refractivity contribution in [1.29, 1.82) is 0 Å². The molecule has 6 nitrogen and oxygen atoms in total. The molecule has 1 aromatic carbocycles. The van der Waals surface area contributed by atoms with Crippen molar-refractivity contribution in [3.05, 3.63) is 35.4 Å². The Morgan fingerprint density at radius 1 is 1.26 bits per heavy atom. The summed E-state index contributed by atoms with van der Waals surface area (Å²) >= 11 is 0. The summed E-state index contributed by atoms with van der Waals surface area (Å²) in [5.41, 5.74) is 1.63. The number of carbonyl (C=O) groups excluding carboxylic acids is 1.